The molecule has 3 rings (SSSR count). The smallest absolute Gasteiger partial charge is 0.228 e. The topological polar surface area (TPSA) is 42.4 Å². The summed E-state index contributed by atoms with van der Waals surface area (Å²) in [6, 6.07) is 0. The van der Waals surface area contributed by atoms with E-state index in [9.17, 15) is 4.79 Å². The monoisotopic (exact) mass is 322 g/mol. The van der Waals surface area contributed by atoms with E-state index in [1.807, 2.05) is 17.2 Å². The van der Waals surface area contributed by atoms with Crippen molar-refractivity contribution in [3.63, 3.8) is 0 Å². The van der Waals surface area contributed by atoms with Crippen LogP contribution in [0.2, 0.25) is 0 Å². The number of ether oxygens (including phenoxy) is 1. The minimum atomic E-state index is 0.209. The molecule has 0 radical (unpaired) electrons. The van der Waals surface area contributed by atoms with Crippen molar-refractivity contribution in [2.24, 2.45) is 5.92 Å². The molecule has 2 heterocycles. The van der Waals surface area contributed by atoms with Crippen LogP contribution in [0.25, 0.3) is 0 Å². The van der Waals surface area contributed by atoms with Crippen molar-refractivity contribution in [1.82, 2.24) is 9.88 Å². The zero-order chi connectivity index (χ0) is 15.5. The number of carbonyl (C=O) groups is 1. The van der Waals surface area contributed by atoms with Gasteiger partial charge >= 0.3 is 0 Å². The summed E-state index contributed by atoms with van der Waals surface area (Å²) in [6.45, 7) is 5.71. The van der Waals surface area contributed by atoms with Crippen LogP contribution in [0.15, 0.2) is 5.38 Å². The van der Waals surface area contributed by atoms with Crippen molar-refractivity contribution in [1.29, 1.82) is 0 Å². The summed E-state index contributed by atoms with van der Waals surface area (Å²) in [7, 11) is 0. The maximum absolute atomic E-state index is 12.6. The Kier molecular flexibility index (Phi) is 5.14. The van der Waals surface area contributed by atoms with Gasteiger partial charge in [-0.2, -0.15) is 0 Å². The average Bonchev–Trinajstić information content (AvgIpc) is 3.28. The molecule has 1 saturated carbocycles. The molecular formula is C17H26N2O2S. The molecule has 0 spiro atoms. The lowest BCUT2D eigenvalue weighted by Gasteiger charge is -2.38. The standard InChI is InChI=1S/C17H26N2O2S/c1-3-4-5-15-9-19(10-16(21-15)13-6-7-13)17(20)8-14-11-22-12(2)18-14/h11,13,15-16H,3-10H2,1-2H3/t15-,16-/m1/s1. The van der Waals surface area contributed by atoms with Crippen LogP contribution in [0.3, 0.4) is 0 Å². The SMILES string of the molecule is CCCC[C@@H]1CN(C(=O)Cc2csc(C)n2)C[C@H](C2CC2)O1. The third kappa shape index (κ3) is 4.07. The van der Waals surface area contributed by atoms with Gasteiger partial charge in [0.05, 0.1) is 29.3 Å². The Morgan fingerprint density at radius 3 is 2.91 bits per heavy atom. The van der Waals surface area contributed by atoms with Crippen molar-refractivity contribution in [2.45, 2.75) is 64.6 Å². The number of hydrogen-bond acceptors (Lipinski definition) is 4. The quantitative estimate of drug-likeness (QED) is 0.808. The van der Waals surface area contributed by atoms with Crippen molar-refractivity contribution >= 4 is 17.2 Å². The summed E-state index contributed by atoms with van der Waals surface area (Å²) in [4.78, 5) is 19.1. The summed E-state index contributed by atoms with van der Waals surface area (Å²) in [5.74, 6) is 0.891. The summed E-state index contributed by atoms with van der Waals surface area (Å²) in [5, 5.41) is 3.03. The van der Waals surface area contributed by atoms with Crippen LogP contribution >= 0.6 is 11.3 Å². The first-order chi connectivity index (χ1) is 10.7. The van der Waals surface area contributed by atoms with Crippen molar-refractivity contribution in [3.8, 4) is 0 Å². The largest absolute Gasteiger partial charge is 0.371 e. The highest BCUT2D eigenvalue weighted by Crippen LogP contribution is 2.37. The van der Waals surface area contributed by atoms with Gasteiger partial charge in [0, 0.05) is 18.5 Å². The lowest BCUT2D eigenvalue weighted by Crippen LogP contribution is -2.51. The second kappa shape index (κ2) is 7.09. The van der Waals surface area contributed by atoms with E-state index in [-0.39, 0.29) is 18.1 Å². The molecule has 2 fully saturated rings. The second-order valence-electron chi connectivity index (χ2n) is 6.61. The first kappa shape index (κ1) is 15.9. The molecule has 0 bridgehead atoms. The summed E-state index contributed by atoms with van der Waals surface area (Å²) >= 11 is 1.61. The predicted octanol–water partition coefficient (Wildman–Crippen LogP) is 3.19. The Labute approximate surface area is 136 Å². The van der Waals surface area contributed by atoms with Crippen LogP contribution in [0, 0.1) is 12.8 Å². The lowest BCUT2D eigenvalue weighted by atomic mass is 10.1. The first-order valence-corrected chi connectivity index (χ1v) is 9.38. The van der Waals surface area contributed by atoms with E-state index in [0.717, 1.165) is 30.2 Å². The molecule has 22 heavy (non-hydrogen) atoms. The van der Waals surface area contributed by atoms with Gasteiger partial charge in [0.15, 0.2) is 0 Å². The van der Waals surface area contributed by atoms with E-state index in [0.29, 0.717) is 12.3 Å². The number of unbranched alkanes of at least 4 members (excludes halogenated alkanes) is 1. The highest BCUT2D eigenvalue weighted by Gasteiger charge is 2.39. The fourth-order valence-corrected chi connectivity index (χ4v) is 3.76. The number of rotatable bonds is 6. The zero-order valence-electron chi connectivity index (χ0n) is 13.6. The molecule has 1 aliphatic carbocycles. The predicted molar refractivity (Wildman–Crippen MR) is 88.0 cm³/mol. The van der Waals surface area contributed by atoms with E-state index < -0.39 is 0 Å². The maximum atomic E-state index is 12.6. The van der Waals surface area contributed by atoms with Gasteiger partial charge in [-0.15, -0.1) is 11.3 Å². The molecule has 2 atom stereocenters. The van der Waals surface area contributed by atoms with Gasteiger partial charge in [-0.1, -0.05) is 19.8 Å². The van der Waals surface area contributed by atoms with Gasteiger partial charge in [-0.3, -0.25) is 4.79 Å². The third-order valence-corrected chi connectivity index (χ3v) is 5.39. The van der Waals surface area contributed by atoms with Crippen molar-refractivity contribution < 1.29 is 9.53 Å². The molecule has 0 N–H and O–H groups in total. The molecule has 1 aromatic rings. The fourth-order valence-electron chi connectivity index (χ4n) is 3.15. The molecule has 5 heteroatoms. The molecule has 1 aliphatic heterocycles. The Morgan fingerprint density at radius 2 is 2.27 bits per heavy atom. The summed E-state index contributed by atoms with van der Waals surface area (Å²) < 4.78 is 6.24. The Bertz CT molecular complexity index is 513. The van der Waals surface area contributed by atoms with Gasteiger partial charge in [0.1, 0.15) is 0 Å². The minimum absolute atomic E-state index is 0.209. The van der Waals surface area contributed by atoms with Gasteiger partial charge < -0.3 is 9.64 Å². The molecule has 0 unspecified atom stereocenters. The molecule has 1 saturated heterocycles. The molecule has 0 aromatic carbocycles. The number of hydrogen-bond donors (Lipinski definition) is 0. The molecular weight excluding hydrogens is 296 g/mol. The highest BCUT2D eigenvalue weighted by molar-refractivity contribution is 7.09. The van der Waals surface area contributed by atoms with Gasteiger partial charge in [0.25, 0.3) is 0 Å². The second-order valence-corrected chi connectivity index (χ2v) is 7.67. The van der Waals surface area contributed by atoms with E-state index in [1.165, 1.54) is 25.7 Å². The Balaban J connectivity index is 1.60. The molecule has 122 valence electrons. The lowest BCUT2D eigenvalue weighted by molar-refractivity contribution is -0.147. The van der Waals surface area contributed by atoms with Gasteiger partial charge in [-0.25, -0.2) is 4.98 Å². The number of nitrogens with zero attached hydrogens (tertiary/aromatic N) is 2. The van der Waals surface area contributed by atoms with Crippen LogP contribution in [0.4, 0.5) is 0 Å². The molecule has 1 amide bonds. The van der Waals surface area contributed by atoms with E-state index >= 15 is 0 Å². The fraction of sp³-hybridized carbons (Fsp3) is 0.765. The van der Waals surface area contributed by atoms with Gasteiger partial charge in [-0.05, 0) is 32.1 Å². The van der Waals surface area contributed by atoms with Crippen LogP contribution in [-0.4, -0.2) is 41.1 Å². The van der Waals surface area contributed by atoms with E-state index in [4.69, 9.17) is 4.74 Å². The van der Waals surface area contributed by atoms with E-state index in [2.05, 4.69) is 11.9 Å². The van der Waals surface area contributed by atoms with Gasteiger partial charge in [0.2, 0.25) is 5.91 Å². The number of aryl methyl sites for hydroxylation is 1. The summed E-state index contributed by atoms with van der Waals surface area (Å²) in [5.41, 5.74) is 0.909. The average molecular weight is 322 g/mol. The van der Waals surface area contributed by atoms with Crippen molar-refractivity contribution in [3.05, 3.63) is 16.1 Å². The van der Waals surface area contributed by atoms with Crippen LogP contribution < -0.4 is 0 Å². The van der Waals surface area contributed by atoms with Crippen LogP contribution in [-0.2, 0) is 16.0 Å². The Hall–Kier alpha value is -0.940. The number of amides is 1. The number of thiazole rings is 1. The van der Waals surface area contributed by atoms with Crippen LogP contribution in [0.5, 0.6) is 0 Å². The number of carbonyl (C=O) groups excluding carboxylic acids is 1. The Morgan fingerprint density at radius 1 is 1.45 bits per heavy atom. The number of aromatic nitrogens is 1. The first-order valence-electron chi connectivity index (χ1n) is 8.50. The third-order valence-electron chi connectivity index (χ3n) is 4.57. The normalized spacial score (nSPS) is 25.5. The molecule has 2 aliphatic rings. The highest BCUT2D eigenvalue weighted by atomic mass is 32.1. The van der Waals surface area contributed by atoms with E-state index in [1.54, 1.807) is 11.3 Å². The number of morpholine rings is 1. The zero-order valence-corrected chi connectivity index (χ0v) is 14.4. The van der Waals surface area contributed by atoms with Crippen LogP contribution in [0.1, 0.15) is 49.7 Å². The molecule has 4 nitrogen and oxygen atoms in total. The summed E-state index contributed by atoms with van der Waals surface area (Å²) in [6.07, 6.45) is 6.87. The maximum Gasteiger partial charge on any atom is 0.228 e. The van der Waals surface area contributed by atoms with Crippen molar-refractivity contribution in [2.75, 3.05) is 13.1 Å². The minimum Gasteiger partial charge on any atom is -0.371 e. The molecule has 1 aromatic heterocycles.